The number of benzene rings is 2. The molecule has 0 saturated carbocycles. The van der Waals surface area contributed by atoms with Crippen LogP contribution in [0.15, 0.2) is 48.5 Å². The molecule has 2 fully saturated rings. The number of imide groups is 1. The minimum Gasteiger partial charge on any atom is -0.390 e. The van der Waals surface area contributed by atoms with Crippen molar-refractivity contribution in [3.63, 3.8) is 0 Å². The van der Waals surface area contributed by atoms with Gasteiger partial charge >= 0.3 is 6.03 Å². The largest absolute Gasteiger partial charge is 0.390 e. The minimum absolute atomic E-state index is 0.439. The average Bonchev–Trinajstić information content (AvgIpc) is 3.09. The third-order valence-corrected chi connectivity index (χ3v) is 7.52. The Balaban J connectivity index is 1.88. The van der Waals surface area contributed by atoms with E-state index in [0.717, 1.165) is 16.0 Å². The van der Waals surface area contributed by atoms with Crippen LogP contribution in [0, 0.1) is 13.8 Å². The van der Waals surface area contributed by atoms with Gasteiger partial charge < -0.3 is 10.4 Å². The van der Waals surface area contributed by atoms with Crippen LogP contribution in [0.25, 0.3) is 0 Å². The minimum atomic E-state index is -3.53. The number of nitrogens with zero attached hydrogens (tertiary/aromatic N) is 1. The molecule has 2 N–H and O–H groups in total. The van der Waals surface area contributed by atoms with E-state index in [1.807, 2.05) is 32.0 Å². The number of nitrogens with one attached hydrogen (secondary N) is 1. The quantitative estimate of drug-likeness (QED) is 0.736. The second-order valence-corrected chi connectivity index (χ2v) is 9.89. The Kier molecular flexibility index (Phi) is 4.51. The summed E-state index contributed by atoms with van der Waals surface area (Å²) in [5.74, 6) is -1.49. The van der Waals surface area contributed by atoms with E-state index in [9.17, 15) is 23.1 Å². The van der Waals surface area contributed by atoms with Crippen LogP contribution in [0.5, 0.6) is 0 Å². The molecule has 2 aromatic carbocycles. The Morgan fingerprint density at radius 3 is 2.28 bits per heavy atom. The molecule has 8 heteroatoms. The lowest BCUT2D eigenvalue weighted by Gasteiger charge is -2.30. The van der Waals surface area contributed by atoms with Gasteiger partial charge in [-0.2, -0.15) is 0 Å². The maximum atomic E-state index is 13.7. The molecule has 2 aromatic rings. The van der Waals surface area contributed by atoms with Crippen LogP contribution in [0.4, 0.5) is 4.79 Å². The van der Waals surface area contributed by atoms with Crippen molar-refractivity contribution in [1.29, 1.82) is 0 Å². The molecule has 0 aromatic heterocycles. The second-order valence-electron chi connectivity index (χ2n) is 7.73. The summed E-state index contributed by atoms with van der Waals surface area (Å²) in [6.07, 6.45) is -1.30. The van der Waals surface area contributed by atoms with Gasteiger partial charge in [-0.25, -0.2) is 13.2 Å². The molecule has 0 spiro atoms. The van der Waals surface area contributed by atoms with Gasteiger partial charge in [-0.05, 0) is 36.1 Å². The molecule has 2 heterocycles. The van der Waals surface area contributed by atoms with Gasteiger partial charge in [0.05, 0.1) is 23.7 Å². The molecule has 0 aliphatic carbocycles. The molecule has 0 unspecified atom stereocenters. The van der Waals surface area contributed by atoms with Gasteiger partial charge in [-0.1, -0.05) is 48.5 Å². The monoisotopic (exact) mass is 414 g/mol. The van der Waals surface area contributed by atoms with Crippen molar-refractivity contribution >= 4 is 21.8 Å². The third-order valence-electron chi connectivity index (χ3n) is 5.82. The summed E-state index contributed by atoms with van der Waals surface area (Å²) < 4.78 is 24.0. The van der Waals surface area contributed by atoms with Crippen molar-refractivity contribution in [3.05, 3.63) is 70.8 Å². The zero-order valence-corrected chi connectivity index (χ0v) is 16.9. The van der Waals surface area contributed by atoms with Crippen molar-refractivity contribution in [2.45, 2.75) is 31.5 Å². The van der Waals surface area contributed by atoms with Crippen LogP contribution >= 0.6 is 0 Å². The topological polar surface area (TPSA) is 104 Å². The van der Waals surface area contributed by atoms with E-state index in [-0.39, 0.29) is 0 Å². The summed E-state index contributed by atoms with van der Waals surface area (Å²) in [7, 11) is -3.53. The first kappa shape index (κ1) is 19.6. The molecule has 7 nitrogen and oxygen atoms in total. The molecule has 0 bridgehead atoms. The van der Waals surface area contributed by atoms with Gasteiger partial charge in [0.2, 0.25) is 0 Å². The number of aliphatic hydroxyl groups excluding tert-OH is 1. The van der Waals surface area contributed by atoms with Gasteiger partial charge in [0.1, 0.15) is 0 Å². The van der Waals surface area contributed by atoms with E-state index in [2.05, 4.69) is 5.32 Å². The standard InChI is InChI=1S/C21H22N2O5S/c1-13-8-9-16(10-14(13)2)21(15-6-4-3-5-7-15)19(25)23(20(26)22-21)17-11-29(27,28)12-18(17)24/h3-10,17-18,24H,11-12H2,1-2H3,(H,22,26)/t17-,18+,21-/m1/s1. The Bertz CT molecular complexity index is 1100. The summed E-state index contributed by atoms with van der Waals surface area (Å²) in [5.41, 5.74) is 1.68. The highest BCUT2D eigenvalue weighted by Gasteiger charge is 2.58. The molecule has 29 heavy (non-hydrogen) atoms. The predicted molar refractivity (Wildman–Crippen MR) is 107 cm³/mol. The van der Waals surface area contributed by atoms with Gasteiger partial charge in [-0.3, -0.25) is 9.69 Å². The lowest BCUT2D eigenvalue weighted by molar-refractivity contribution is -0.132. The van der Waals surface area contributed by atoms with E-state index in [1.165, 1.54) is 0 Å². The fourth-order valence-corrected chi connectivity index (χ4v) is 5.90. The number of urea groups is 1. The number of aliphatic hydroxyl groups is 1. The second kappa shape index (κ2) is 6.67. The highest BCUT2D eigenvalue weighted by Crippen LogP contribution is 2.38. The van der Waals surface area contributed by atoms with Gasteiger partial charge in [0.15, 0.2) is 15.4 Å². The zero-order chi connectivity index (χ0) is 21.0. The highest BCUT2D eigenvalue weighted by molar-refractivity contribution is 7.91. The zero-order valence-electron chi connectivity index (χ0n) is 16.1. The molecule has 3 atom stereocenters. The Labute approximate surface area is 169 Å². The van der Waals surface area contributed by atoms with E-state index in [0.29, 0.717) is 11.1 Å². The van der Waals surface area contributed by atoms with Crippen molar-refractivity contribution in [1.82, 2.24) is 10.2 Å². The summed E-state index contributed by atoms with van der Waals surface area (Å²) in [5, 5.41) is 13.1. The molecule has 2 aliphatic heterocycles. The van der Waals surface area contributed by atoms with E-state index in [4.69, 9.17) is 0 Å². The molecule has 0 radical (unpaired) electrons. The number of aryl methyl sites for hydroxylation is 2. The number of hydrogen-bond acceptors (Lipinski definition) is 5. The predicted octanol–water partition coefficient (Wildman–Crippen LogP) is 1.26. The smallest absolute Gasteiger partial charge is 0.325 e. The average molecular weight is 414 g/mol. The van der Waals surface area contributed by atoms with E-state index in [1.54, 1.807) is 30.3 Å². The Hall–Kier alpha value is -2.71. The maximum absolute atomic E-state index is 13.7. The number of sulfone groups is 1. The molecule has 4 rings (SSSR count). The number of hydrogen-bond donors (Lipinski definition) is 2. The molecule has 152 valence electrons. The SMILES string of the molecule is Cc1ccc([C@@]2(c3ccccc3)NC(=O)N([C@@H]3CS(=O)(=O)C[C@@H]3O)C2=O)cc1C. The van der Waals surface area contributed by atoms with Crippen LogP contribution in [-0.2, 0) is 20.2 Å². The van der Waals surface area contributed by atoms with Crippen LogP contribution in [0.3, 0.4) is 0 Å². The van der Waals surface area contributed by atoms with Crippen LogP contribution in [-0.4, -0.2) is 54.0 Å². The Morgan fingerprint density at radius 2 is 1.69 bits per heavy atom. The number of amides is 3. The van der Waals surface area contributed by atoms with Crippen LogP contribution in [0.2, 0.25) is 0 Å². The first-order valence-electron chi connectivity index (χ1n) is 9.33. The van der Waals surface area contributed by atoms with E-state index >= 15 is 0 Å². The highest BCUT2D eigenvalue weighted by atomic mass is 32.2. The number of carbonyl (C=O) groups is 2. The van der Waals surface area contributed by atoms with Gasteiger partial charge in [0, 0.05) is 0 Å². The number of rotatable bonds is 3. The van der Waals surface area contributed by atoms with Crippen LogP contribution in [0.1, 0.15) is 22.3 Å². The van der Waals surface area contributed by atoms with Crippen LogP contribution < -0.4 is 5.32 Å². The normalized spacial score (nSPS) is 28.6. The van der Waals surface area contributed by atoms with Crippen molar-refractivity contribution in [2.75, 3.05) is 11.5 Å². The van der Waals surface area contributed by atoms with Crippen molar-refractivity contribution < 1.29 is 23.1 Å². The summed E-state index contributed by atoms with van der Waals surface area (Å²) in [4.78, 5) is 27.5. The van der Waals surface area contributed by atoms with Crippen molar-refractivity contribution in [3.8, 4) is 0 Å². The lowest BCUT2D eigenvalue weighted by Crippen LogP contribution is -2.49. The molecular formula is C21H22N2O5S. The summed E-state index contributed by atoms with van der Waals surface area (Å²) in [6, 6.07) is 12.6. The first-order valence-corrected chi connectivity index (χ1v) is 11.2. The van der Waals surface area contributed by atoms with E-state index < -0.39 is 51.0 Å². The van der Waals surface area contributed by atoms with Crippen molar-refractivity contribution in [2.24, 2.45) is 0 Å². The maximum Gasteiger partial charge on any atom is 0.325 e. The Morgan fingerprint density at radius 1 is 1.00 bits per heavy atom. The molecular weight excluding hydrogens is 392 g/mol. The fourth-order valence-electron chi connectivity index (χ4n) is 4.13. The fraction of sp³-hybridized carbons (Fsp3) is 0.333. The summed E-state index contributed by atoms with van der Waals surface area (Å²) >= 11 is 0. The first-order chi connectivity index (χ1) is 13.7. The van der Waals surface area contributed by atoms with Gasteiger partial charge in [-0.15, -0.1) is 0 Å². The number of carbonyl (C=O) groups excluding carboxylic acids is 2. The third kappa shape index (κ3) is 3.03. The summed E-state index contributed by atoms with van der Waals surface area (Å²) in [6.45, 7) is 3.87. The lowest BCUT2D eigenvalue weighted by atomic mass is 9.81. The van der Waals surface area contributed by atoms with Gasteiger partial charge in [0.25, 0.3) is 5.91 Å². The molecule has 2 aliphatic rings. The molecule has 2 saturated heterocycles. The molecule has 3 amide bonds.